The van der Waals surface area contributed by atoms with E-state index < -0.39 is 0 Å². The van der Waals surface area contributed by atoms with Gasteiger partial charge in [-0.15, -0.1) is 0 Å². The largest absolute Gasteiger partial charge is 0.396 e. The molecule has 4 heteroatoms. The molecule has 2 rings (SSSR count). The lowest BCUT2D eigenvalue weighted by molar-refractivity contribution is 0.222. The van der Waals surface area contributed by atoms with Crippen LogP contribution in [0.5, 0.6) is 0 Å². The van der Waals surface area contributed by atoms with Crippen LogP contribution in [-0.2, 0) is 6.42 Å². The van der Waals surface area contributed by atoms with Crippen molar-refractivity contribution in [3.05, 3.63) is 17.6 Å². The van der Waals surface area contributed by atoms with Crippen molar-refractivity contribution >= 4 is 5.82 Å². The molecular weight excluding hydrogens is 214 g/mol. The minimum Gasteiger partial charge on any atom is -0.396 e. The van der Waals surface area contributed by atoms with Gasteiger partial charge in [-0.05, 0) is 26.2 Å². The summed E-state index contributed by atoms with van der Waals surface area (Å²) in [6.07, 6.45) is 4.34. The summed E-state index contributed by atoms with van der Waals surface area (Å²) in [4.78, 5) is 8.78. The van der Waals surface area contributed by atoms with Gasteiger partial charge in [0.25, 0.3) is 0 Å². The molecule has 1 aromatic heterocycles. The Hall–Kier alpha value is -1.16. The van der Waals surface area contributed by atoms with E-state index in [1.165, 1.54) is 6.42 Å². The molecule has 0 aromatic carbocycles. The molecule has 0 saturated heterocycles. The highest BCUT2D eigenvalue weighted by molar-refractivity contribution is 5.37. The van der Waals surface area contributed by atoms with Gasteiger partial charge in [-0.25, -0.2) is 9.97 Å². The smallest absolute Gasteiger partial charge is 0.130 e. The first kappa shape index (κ1) is 12.3. The maximum Gasteiger partial charge on any atom is 0.130 e. The van der Waals surface area contributed by atoms with Crippen LogP contribution in [0.25, 0.3) is 0 Å². The molecule has 1 saturated carbocycles. The van der Waals surface area contributed by atoms with Gasteiger partial charge in [0.15, 0.2) is 0 Å². The van der Waals surface area contributed by atoms with Crippen LogP contribution in [0.15, 0.2) is 6.07 Å². The van der Waals surface area contributed by atoms with E-state index in [1.54, 1.807) is 0 Å². The minimum atomic E-state index is 0.266. The monoisotopic (exact) mass is 235 g/mol. The molecule has 1 aromatic rings. The second-order valence-electron chi connectivity index (χ2n) is 4.77. The van der Waals surface area contributed by atoms with Crippen LogP contribution >= 0.6 is 0 Å². The van der Waals surface area contributed by atoms with E-state index in [-0.39, 0.29) is 6.61 Å². The summed E-state index contributed by atoms with van der Waals surface area (Å²) in [6, 6.07) is 2.37. The molecule has 2 atom stereocenters. The standard InChI is InChI=1S/C13H21N3O/c1-3-11-7-13(15-9(2)14-11)16-12-6-4-5-10(12)8-17/h7,10,12,17H,3-6,8H2,1-2H3,(H,14,15,16)/t10-,12-/m1/s1. The molecule has 2 N–H and O–H groups in total. The van der Waals surface area contributed by atoms with Gasteiger partial charge < -0.3 is 10.4 Å². The number of hydrogen-bond donors (Lipinski definition) is 2. The third-order valence-electron chi connectivity index (χ3n) is 3.48. The average molecular weight is 235 g/mol. The molecule has 1 fully saturated rings. The van der Waals surface area contributed by atoms with Gasteiger partial charge in [-0.3, -0.25) is 0 Å². The molecule has 1 aliphatic carbocycles. The summed E-state index contributed by atoms with van der Waals surface area (Å²) in [6.45, 7) is 4.28. The van der Waals surface area contributed by atoms with Crippen molar-refractivity contribution in [2.45, 2.75) is 45.6 Å². The van der Waals surface area contributed by atoms with Crippen molar-refractivity contribution in [2.24, 2.45) is 5.92 Å². The molecule has 17 heavy (non-hydrogen) atoms. The summed E-state index contributed by atoms with van der Waals surface area (Å²) in [5.41, 5.74) is 1.07. The summed E-state index contributed by atoms with van der Waals surface area (Å²) in [5.74, 6) is 2.08. The summed E-state index contributed by atoms with van der Waals surface area (Å²) < 4.78 is 0. The number of nitrogens with one attached hydrogen (secondary N) is 1. The minimum absolute atomic E-state index is 0.266. The van der Waals surface area contributed by atoms with Gasteiger partial charge in [-0.2, -0.15) is 0 Å². The Labute approximate surface area is 102 Å². The third kappa shape index (κ3) is 2.94. The number of aromatic nitrogens is 2. The average Bonchev–Trinajstić information content (AvgIpc) is 2.75. The number of aliphatic hydroxyl groups excluding tert-OH is 1. The first-order chi connectivity index (χ1) is 8.22. The van der Waals surface area contributed by atoms with Crippen LogP contribution in [0.2, 0.25) is 0 Å². The van der Waals surface area contributed by atoms with Crippen LogP contribution < -0.4 is 5.32 Å². The predicted molar refractivity (Wildman–Crippen MR) is 68.0 cm³/mol. The third-order valence-corrected chi connectivity index (χ3v) is 3.48. The number of aliphatic hydroxyl groups is 1. The zero-order valence-corrected chi connectivity index (χ0v) is 10.6. The van der Waals surface area contributed by atoms with E-state index in [0.29, 0.717) is 12.0 Å². The zero-order chi connectivity index (χ0) is 12.3. The maximum atomic E-state index is 9.30. The molecule has 1 aliphatic rings. The van der Waals surface area contributed by atoms with Gasteiger partial charge >= 0.3 is 0 Å². The highest BCUT2D eigenvalue weighted by Gasteiger charge is 2.26. The second-order valence-corrected chi connectivity index (χ2v) is 4.77. The normalized spacial score (nSPS) is 23.9. The fraction of sp³-hybridized carbons (Fsp3) is 0.692. The molecule has 1 heterocycles. The van der Waals surface area contributed by atoms with Crippen LogP contribution in [0.1, 0.15) is 37.7 Å². The van der Waals surface area contributed by atoms with E-state index >= 15 is 0 Å². The van der Waals surface area contributed by atoms with Gasteiger partial charge in [-0.1, -0.05) is 13.3 Å². The number of hydrogen-bond acceptors (Lipinski definition) is 4. The molecule has 0 radical (unpaired) electrons. The molecule has 94 valence electrons. The van der Waals surface area contributed by atoms with E-state index in [2.05, 4.69) is 22.2 Å². The summed E-state index contributed by atoms with van der Waals surface area (Å²) >= 11 is 0. The first-order valence-electron chi connectivity index (χ1n) is 6.45. The summed E-state index contributed by atoms with van der Waals surface area (Å²) in [7, 11) is 0. The Kier molecular flexibility index (Phi) is 3.94. The zero-order valence-electron chi connectivity index (χ0n) is 10.6. The van der Waals surface area contributed by atoms with Crippen molar-refractivity contribution in [2.75, 3.05) is 11.9 Å². The number of rotatable bonds is 4. The van der Waals surface area contributed by atoms with Crippen LogP contribution in [0.3, 0.4) is 0 Å². The van der Waals surface area contributed by atoms with Crippen molar-refractivity contribution < 1.29 is 5.11 Å². The van der Waals surface area contributed by atoms with Crippen molar-refractivity contribution in [1.82, 2.24) is 9.97 Å². The maximum absolute atomic E-state index is 9.30. The first-order valence-corrected chi connectivity index (χ1v) is 6.45. The molecule has 0 aliphatic heterocycles. The SMILES string of the molecule is CCc1cc(N[C@@H]2CCC[C@@H]2CO)nc(C)n1. The number of aryl methyl sites for hydroxylation is 2. The van der Waals surface area contributed by atoms with Crippen LogP contribution in [-0.4, -0.2) is 27.7 Å². The van der Waals surface area contributed by atoms with Gasteiger partial charge in [0.1, 0.15) is 11.6 Å². The Morgan fingerprint density at radius 3 is 2.94 bits per heavy atom. The Morgan fingerprint density at radius 2 is 2.24 bits per heavy atom. The van der Waals surface area contributed by atoms with Crippen LogP contribution in [0.4, 0.5) is 5.82 Å². The van der Waals surface area contributed by atoms with Crippen molar-refractivity contribution in [3.63, 3.8) is 0 Å². The topological polar surface area (TPSA) is 58.0 Å². The van der Waals surface area contributed by atoms with Gasteiger partial charge in [0, 0.05) is 30.3 Å². The molecule has 0 unspecified atom stereocenters. The van der Waals surface area contributed by atoms with Gasteiger partial charge in [0.05, 0.1) is 0 Å². The number of anilines is 1. The molecule has 0 spiro atoms. The Bertz CT molecular complexity index is 381. The van der Waals surface area contributed by atoms with E-state index in [1.807, 2.05) is 13.0 Å². The molecule has 4 nitrogen and oxygen atoms in total. The fourth-order valence-corrected chi connectivity index (χ4v) is 2.52. The molecular formula is C13H21N3O. The van der Waals surface area contributed by atoms with E-state index in [4.69, 9.17) is 0 Å². The molecule has 0 bridgehead atoms. The number of nitrogens with zero attached hydrogens (tertiary/aromatic N) is 2. The van der Waals surface area contributed by atoms with Crippen LogP contribution in [0, 0.1) is 12.8 Å². The van der Waals surface area contributed by atoms with Gasteiger partial charge in [0.2, 0.25) is 0 Å². The van der Waals surface area contributed by atoms with Crippen molar-refractivity contribution in [3.8, 4) is 0 Å². The quantitative estimate of drug-likeness (QED) is 0.837. The lowest BCUT2D eigenvalue weighted by atomic mass is 10.1. The Balaban J connectivity index is 2.09. The van der Waals surface area contributed by atoms with Crippen molar-refractivity contribution in [1.29, 1.82) is 0 Å². The predicted octanol–water partition coefficient (Wildman–Crippen LogP) is 1.92. The fourth-order valence-electron chi connectivity index (χ4n) is 2.52. The highest BCUT2D eigenvalue weighted by atomic mass is 16.3. The highest BCUT2D eigenvalue weighted by Crippen LogP contribution is 2.27. The lowest BCUT2D eigenvalue weighted by Crippen LogP contribution is -2.27. The van der Waals surface area contributed by atoms with E-state index in [0.717, 1.165) is 36.6 Å². The van der Waals surface area contributed by atoms with E-state index in [9.17, 15) is 5.11 Å². The second kappa shape index (κ2) is 5.45. The summed E-state index contributed by atoms with van der Waals surface area (Å²) in [5, 5.41) is 12.7. The lowest BCUT2D eigenvalue weighted by Gasteiger charge is -2.20. The Morgan fingerprint density at radius 1 is 1.41 bits per heavy atom. The molecule has 0 amide bonds.